The predicted molar refractivity (Wildman–Crippen MR) is 419 cm³/mol. The van der Waals surface area contributed by atoms with Gasteiger partial charge in [0.25, 0.3) is 0 Å². The summed E-state index contributed by atoms with van der Waals surface area (Å²) in [6.45, 7) is 6.71. The molecule has 2 aromatic heterocycles. The molecule has 0 unspecified atom stereocenters. The first-order chi connectivity index (χ1) is 52.1. The van der Waals surface area contributed by atoms with Crippen molar-refractivity contribution in [2.24, 2.45) is 0 Å². The van der Waals surface area contributed by atoms with Gasteiger partial charge in [-0.1, -0.05) is 269 Å². The molecule has 0 N–H and O–H groups in total. The van der Waals surface area contributed by atoms with Gasteiger partial charge in [-0.2, -0.15) is 5.26 Å². The summed E-state index contributed by atoms with van der Waals surface area (Å²) in [7, 11) is 0. The van der Waals surface area contributed by atoms with Crippen molar-refractivity contribution in [2.45, 2.75) is 26.2 Å². The lowest BCUT2D eigenvalue weighted by molar-refractivity contribution is 0.590. The zero-order valence-corrected chi connectivity index (χ0v) is 55.2. The number of rotatable bonds is 14. The number of aromatic nitrogens is 1. The minimum Gasteiger partial charge on any atom is -0.456 e. The molecular weight excluding hydrogens is 1210 g/mol. The van der Waals surface area contributed by atoms with E-state index in [1.165, 1.54) is 0 Å². The van der Waals surface area contributed by atoms with E-state index in [2.05, 4.69) is 279 Å². The van der Waals surface area contributed by atoms with E-state index in [1.807, 2.05) is 72.8 Å². The van der Waals surface area contributed by atoms with E-state index in [1.54, 1.807) is 4.57 Å². The third-order valence-corrected chi connectivity index (χ3v) is 19.0. The second-order valence-corrected chi connectivity index (χ2v) is 26.2. The number of anilines is 6. The molecule has 5 heteroatoms. The van der Waals surface area contributed by atoms with Crippen LogP contribution in [0.1, 0.15) is 41.5 Å². The quantitative estimate of drug-likeness (QED) is 0.109. The zero-order valence-electron chi connectivity index (χ0n) is 62.2. The van der Waals surface area contributed by atoms with Gasteiger partial charge < -0.3 is 18.8 Å². The van der Waals surface area contributed by atoms with Gasteiger partial charge in [0.2, 0.25) is 0 Å². The van der Waals surface area contributed by atoms with Crippen LogP contribution in [0.25, 0.3) is 127 Å². The topological polar surface area (TPSA) is 48.3 Å². The minimum atomic E-state index is -0.527. The van der Waals surface area contributed by atoms with E-state index in [0.29, 0.717) is 11.4 Å². The number of fused-ring (bicyclic) bond motifs is 6. The van der Waals surface area contributed by atoms with Crippen molar-refractivity contribution >= 4 is 77.9 Å². The molecule has 0 fully saturated rings. The molecule has 0 aliphatic heterocycles. The van der Waals surface area contributed by atoms with Crippen LogP contribution in [-0.4, -0.2) is 4.57 Å². The Balaban J connectivity index is 1.02. The van der Waals surface area contributed by atoms with Crippen molar-refractivity contribution in [3.63, 3.8) is 0 Å². The average molecular weight is 1290 g/mol. The van der Waals surface area contributed by atoms with Crippen LogP contribution in [-0.2, 0) is 5.41 Å². The maximum atomic E-state index is 10.5. The molecule has 17 rings (SSSR count). The summed E-state index contributed by atoms with van der Waals surface area (Å²) in [6.07, 6.45) is 0. The van der Waals surface area contributed by atoms with Gasteiger partial charge >= 0.3 is 0 Å². The first-order valence-electron chi connectivity index (χ1n) is 37.1. The van der Waals surface area contributed by atoms with Crippen LogP contribution < -0.4 is 9.80 Å². The largest absolute Gasteiger partial charge is 0.456 e. The first kappa shape index (κ1) is 53.2. The molecule has 0 radical (unpaired) electrons. The van der Waals surface area contributed by atoms with Gasteiger partial charge in [-0.25, -0.2) is 0 Å². The highest BCUT2D eigenvalue weighted by Crippen LogP contribution is 2.54. The molecule has 0 aliphatic carbocycles. The molecule has 0 saturated heterocycles. The van der Waals surface area contributed by atoms with E-state index in [-0.39, 0.29) is 27.4 Å². The van der Waals surface area contributed by atoms with Gasteiger partial charge in [-0.15, -0.1) is 0 Å². The Bertz CT molecular complexity index is 6250. The predicted octanol–water partition coefficient (Wildman–Crippen LogP) is 26.5. The van der Waals surface area contributed by atoms with Crippen LogP contribution in [0.5, 0.6) is 0 Å². The Hall–Kier alpha value is -13.0. The van der Waals surface area contributed by atoms with E-state index in [4.69, 9.17) is 7.16 Å². The van der Waals surface area contributed by atoms with Crippen LogP contribution in [0.15, 0.2) is 362 Å². The Morgan fingerprint density at radius 3 is 1.32 bits per heavy atom. The SMILES string of the molecule is [2H]c1c([2H])c([2H])c2c(c1[2H])c1c([2H])c(C#N)c([2H])c([2H])c1n2-c1cccc(N(c2cc(N(c3ccc(-c4cccc5oc6ccccc6c45)cc3)c3c(-c4ccccc4)cc(-c4ccccc4)cc3-c3ccccc3)cc(C(C)(C)C)c2)c2c(-c3ccccc3)cc(-c3ccccc3)cc2-c2ccccc2)c1. The Morgan fingerprint density at radius 2 is 0.800 bits per heavy atom. The molecule has 0 atom stereocenters. The maximum Gasteiger partial charge on any atom is 0.136 e. The molecule has 0 spiro atoms. The number of benzene rings is 15. The Kier molecular flexibility index (Phi) is 13.6. The van der Waals surface area contributed by atoms with Crippen LogP contribution in [0.2, 0.25) is 0 Å². The number of nitriles is 1. The summed E-state index contributed by atoms with van der Waals surface area (Å²) in [5, 5.41) is 12.5. The normalized spacial score (nSPS) is 12.5. The number of para-hydroxylation sites is 2. The first-order valence-corrected chi connectivity index (χ1v) is 33.6. The summed E-state index contributed by atoms with van der Waals surface area (Å²) < 4.78 is 74.0. The molecule has 0 amide bonds. The minimum absolute atomic E-state index is 0.00191. The molecule has 474 valence electrons. The van der Waals surface area contributed by atoms with Crippen molar-refractivity contribution < 1.29 is 14.0 Å². The van der Waals surface area contributed by atoms with Crippen molar-refractivity contribution in [2.75, 3.05) is 9.80 Å². The second kappa shape index (κ2) is 25.5. The molecular formula is C95H68N4O. The highest BCUT2D eigenvalue weighted by atomic mass is 16.3. The van der Waals surface area contributed by atoms with Crippen molar-refractivity contribution in [1.29, 1.82) is 5.26 Å². The Labute approximate surface area is 593 Å². The molecule has 100 heavy (non-hydrogen) atoms. The fourth-order valence-electron chi connectivity index (χ4n) is 14.2. The fourth-order valence-corrected chi connectivity index (χ4v) is 14.2. The van der Waals surface area contributed by atoms with Gasteiger partial charge in [-0.3, -0.25) is 0 Å². The van der Waals surface area contributed by atoms with E-state index in [0.717, 1.165) is 134 Å². The summed E-state index contributed by atoms with van der Waals surface area (Å²) in [5.74, 6) is 0. The summed E-state index contributed by atoms with van der Waals surface area (Å²) in [6, 6.07) is 109. The third kappa shape index (κ3) is 11.1. The molecule has 0 bridgehead atoms. The molecule has 17 aromatic rings. The lowest BCUT2D eigenvalue weighted by atomic mass is 9.85. The van der Waals surface area contributed by atoms with Crippen LogP contribution >= 0.6 is 0 Å². The number of hydrogen-bond donors (Lipinski definition) is 0. The molecule has 15 aromatic carbocycles. The van der Waals surface area contributed by atoms with E-state index in [9.17, 15) is 12.1 Å². The molecule has 0 aliphatic rings. The highest BCUT2D eigenvalue weighted by Gasteiger charge is 2.31. The fraction of sp³-hybridized carbons (Fsp3) is 0.0421. The number of nitrogens with zero attached hydrogens (tertiary/aromatic N) is 4. The van der Waals surface area contributed by atoms with Crippen LogP contribution in [0.3, 0.4) is 0 Å². The van der Waals surface area contributed by atoms with Gasteiger partial charge in [0, 0.05) is 72.2 Å². The second-order valence-electron chi connectivity index (χ2n) is 26.2. The monoisotopic (exact) mass is 1290 g/mol. The standard InChI is InChI=1S/C95H68N4O/c1-95(2,3)74-59-78(97(75-51-49-71(50-52-75)80-44-27-47-91-92(80)82-43-23-25-46-90(82)100-91)93-83(67-32-14-6-15-33-67)55-72(65-28-10-4-11-29-65)56-84(93)68-34-16-7-17-35-68)62-79(60-74)98(76-40-26-41-77(61-76)99-88-45-24-22-42-81(88)87-54-64(63-96)48-53-89(87)99)94-85(69-36-18-8-19-37-69)57-73(66-30-12-5-13-31-66)58-86(94)70-38-20-9-21-39-70/h4-62H,1-3H3/i22D,24D,42D,45D,48D,53D,54D. The van der Waals surface area contributed by atoms with Crippen molar-refractivity contribution in [3.8, 4) is 89.6 Å². The zero-order chi connectivity index (χ0) is 73.4. The molecule has 2 heterocycles. The Morgan fingerprint density at radius 1 is 0.350 bits per heavy atom. The van der Waals surface area contributed by atoms with Gasteiger partial charge in [0.05, 0.1) is 43.6 Å². The highest BCUT2D eigenvalue weighted by molar-refractivity contribution is 6.13. The van der Waals surface area contributed by atoms with E-state index >= 15 is 0 Å². The summed E-state index contributed by atoms with van der Waals surface area (Å²) >= 11 is 0. The maximum absolute atomic E-state index is 10.5. The van der Waals surface area contributed by atoms with Crippen molar-refractivity contribution in [1.82, 2.24) is 4.57 Å². The summed E-state index contributed by atoms with van der Waals surface area (Å²) in [5.41, 5.74) is 20.7. The molecule has 0 saturated carbocycles. The van der Waals surface area contributed by atoms with Crippen LogP contribution in [0, 0.1) is 11.3 Å². The van der Waals surface area contributed by atoms with E-state index < -0.39 is 47.7 Å². The van der Waals surface area contributed by atoms with Gasteiger partial charge in [0.1, 0.15) is 11.2 Å². The smallest absolute Gasteiger partial charge is 0.136 e. The van der Waals surface area contributed by atoms with Crippen LogP contribution in [0.4, 0.5) is 34.1 Å². The van der Waals surface area contributed by atoms with Gasteiger partial charge in [-0.05, 0) is 176 Å². The lowest BCUT2D eigenvalue weighted by Gasteiger charge is -2.36. The van der Waals surface area contributed by atoms with Gasteiger partial charge in [0.15, 0.2) is 0 Å². The molecule has 5 nitrogen and oxygen atoms in total. The third-order valence-electron chi connectivity index (χ3n) is 19.0. The van der Waals surface area contributed by atoms with Crippen molar-refractivity contribution in [3.05, 3.63) is 369 Å². The lowest BCUT2D eigenvalue weighted by Crippen LogP contribution is -2.19. The number of hydrogen-bond acceptors (Lipinski definition) is 4. The number of furan rings is 1. The summed E-state index contributed by atoms with van der Waals surface area (Å²) in [4.78, 5) is 4.73. The average Bonchev–Trinajstić information content (AvgIpc) is 1.58.